The van der Waals surface area contributed by atoms with Gasteiger partial charge in [-0.2, -0.15) is 0 Å². The van der Waals surface area contributed by atoms with Crippen molar-refractivity contribution in [1.82, 2.24) is 4.90 Å². The van der Waals surface area contributed by atoms with Crippen molar-refractivity contribution in [2.24, 2.45) is 0 Å². The third-order valence-corrected chi connectivity index (χ3v) is 3.05. The zero-order chi connectivity index (χ0) is 13.0. The lowest BCUT2D eigenvalue weighted by Crippen LogP contribution is -2.10. The minimum absolute atomic E-state index is 0.0739. The molecule has 96 valence electrons. The summed E-state index contributed by atoms with van der Waals surface area (Å²) in [6.45, 7) is 2.03. The van der Waals surface area contributed by atoms with Crippen LogP contribution in [0.15, 0.2) is 24.4 Å². The molecule has 0 atom stereocenters. The lowest BCUT2D eigenvalue weighted by molar-refractivity contribution is -0.385. The molecule has 1 saturated heterocycles. The second-order valence-electron chi connectivity index (χ2n) is 4.21. The van der Waals surface area contributed by atoms with Crippen LogP contribution in [0.3, 0.4) is 0 Å². The molecule has 5 nitrogen and oxygen atoms in total. The quantitative estimate of drug-likeness (QED) is 0.607. The van der Waals surface area contributed by atoms with Crippen LogP contribution in [-0.4, -0.2) is 30.0 Å². The fraction of sp³-hybridized carbons (Fsp3) is 0.385. The van der Waals surface area contributed by atoms with Gasteiger partial charge >= 0.3 is 0 Å². The molecule has 1 aliphatic rings. The molecule has 1 aliphatic heterocycles. The van der Waals surface area contributed by atoms with Crippen molar-refractivity contribution in [3.63, 3.8) is 0 Å². The van der Waals surface area contributed by atoms with Gasteiger partial charge in [0.05, 0.1) is 17.6 Å². The summed E-state index contributed by atoms with van der Waals surface area (Å²) in [4.78, 5) is 12.8. The number of nitro groups is 1. The molecule has 1 aromatic carbocycles. The molecule has 0 N–H and O–H groups in total. The van der Waals surface area contributed by atoms with Crippen molar-refractivity contribution in [1.29, 1.82) is 0 Å². The number of benzene rings is 1. The molecule has 0 amide bonds. The van der Waals surface area contributed by atoms with Gasteiger partial charge in [-0.3, -0.25) is 10.1 Å². The second-order valence-corrected chi connectivity index (χ2v) is 4.21. The Morgan fingerprint density at radius 3 is 2.72 bits per heavy atom. The summed E-state index contributed by atoms with van der Waals surface area (Å²) < 4.78 is 5.18. The number of rotatable bonds is 4. The molecule has 0 spiro atoms. The summed E-state index contributed by atoms with van der Waals surface area (Å²) in [6.07, 6.45) is 6.04. The van der Waals surface area contributed by atoms with Crippen molar-refractivity contribution in [3.8, 4) is 5.75 Å². The van der Waals surface area contributed by atoms with Crippen LogP contribution in [-0.2, 0) is 0 Å². The van der Waals surface area contributed by atoms with E-state index in [9.17, 15) is 10.1 Å². The minimum atomic E-state index is -0.383. The first-order valence-corrected chi connectivity index (χ1v) is 5.96. The van der Waals surface area contributed by atoms with E-state index in [1.807, 2.05) is 6.20 Å². The van der Waals surface area contributed by atoms with Crippen LogP contribution in [0.2, 0.25) is 0 Å². The van der Waals surface area contributed by atoms with Gasteiger partial charge in [0.25, 0.3) is 5.69 Å². The van der Waals surface area contributed by atoms with Gasteiger partial charge in [0.1, 0.15) is 5.75 Å². The van der Waals surface area contributed by atoms with E-state index in [0.717, 1.165) is 13.1 Å². The van der Waals surface area contributed by atoms with Crippen LogP contribution in [0.1, 0.15) is 18.4 Å². The number of nitrogens with zero attached hydrogens (tertiary/aromatic N) is 2. The highest BCUT2D eigenvalue weighted by molar-refractivity contribution is 5.67. The topological polar surface area (TPSA) is 55.6 Å². The van der Waals surface area contributed by atoms with E-state index in [0.29, 0.717) is 11.3 Å². The molecule has 0 aromatic heterocycles. The highest BCUT2D eigenvalue weighted by Crippen LogP contribution is 2.29. The fourth-order valence-corrected chi connectivity index (χ4v) is 2.11. The summed E-state index contributed by atoms with van der Waals surface area (Å²) in [6, 6.07) is 4.85. The lowest BCUT2D eigenvalue weighted by atomic mass is 10.1. The molecule has 5 heteroatoms. The maximum Gasteiger partial charge on any atom is 0.280 e. The predicted molar refractivity (Wildman–Crippen MR) is 69.5 cm³/mol. The largest absolute Gasteiger partial charge is 0.496 e. The van der Waals surface area contributed by atoms with Gasteiger partial charge in [-0.15, -0.1) is 0 Å². The molecule has 1 heterocycles. The summed E-state index contributed by atoms with van der Waals surface area (Å²) in [5, 5.41) is 11.0. The zero-order valence-electron chi connectivity index (χ0n) is 10.3. The summed E-state index contributed by atoms with van der Waals surface area (Å²) in [7, 11) is 1.52. The highest BCUT2D eigenvalue weighted by Gasteiger charge is 2.16. The molecule has 18 heavy (non-hydrogen) atoms. The molecule has 1 fully saturated rings. The molecule has 0 bridgehead atoms. The van der Waals surface area contributed by atoms with Crippen LogP contribution >= 0.6 is 0 Å². The summed E-state index contributed by atoms with van der Waals surface area (Å²) in [5.74, 6) is 0.527. The average Bonchev–Trinajstić information content (AvgIpc) is 2.88. The molecule has 2 rings (SSSR count). The van der Waals surface area contributed by atoms with E-state index in [2.05, 4.69) is 4.90 Å². The third-order valence-electron chi connectivity index (χ3n) is 3.05. The van der Waals surface area contributed by atoms with E-state index in [1.54, 1.807) is 18.2 Å². The maximum absolute atomic E-state index is 11.0. The normalized spacial score (nSPS) is 15.3. The molecule has 1 aromatic rings. The standard InChI is InChI=1S/C13H16N2O3/c1-18-13-6-4-5-12(15(16)17)11(13)7-10-14-8-2-3-9-14/h4-7,10H,2-3,8-9H2,1H3/b10-7+. The number of ether oxygens (including phenoxy) is 1. The van der Waals surface area contributed by atoms with Gasteiger partial charge in [0, 0.05) is 19.2 Å². The highest BCUT2D eigenvalue weighted by atomic mass is 16.6. The summed E-state index contributed by atoms with van der Waals surface area (Å²) in [5.41, 5.74) is 0.599. The van der Waals surface area contributed by atoms with Crippen LogP contribution < -0.4 is 4.74 Å². The first-order valence-electron chi connectivity index (χ1n) is 5.96. The number of hydrogen-bond acceptors (Lipinski definition) is 4. The van der Waals surface area contributed by atoms with Crippen molar-refractivity contribution in [2.45, 2.75) is 12.8 Å². The first kappa shape index (κ1) is 12.4. The molecular weight excluding hydrogens is 232 g/mol. The van der Waals surface area contributed by atoms with E-state index in [1.165, 1.54) is 26.0 Å². The van der Waals surface area contributed by atoms with Crippen molar-refractivity contribution in [2.75, 3.05) is 20.2 Å². The fourth-order valence-electron chi connectivity index (χ4n) is 2.11. The van der Waals surface area contributed by atoms with E-state index in [4.69, 9.17) is 4.74 Å². The second kappa shape index (κ2) is 5.53. The Kier molecular flexibility index (Phi) is 3.82. The Labute approximate surface area is 106 Å². The number of hydrogen-bond donors (Lipinski definition) is 0. The van der Waals surface area contributed by atoms with Crippen LogP contribution in [0.5, 0.6) is 5.75 Å². The Balaban J connectivity index is 2.31. The Bertz CT molecular complexity index is 465. The van der Waals surface area contributed by atoms with Crippen LogP contribution in [0.25, 0.3) is 6.08 Å². The van der Waals surface area contributed by atoms with Gasteiger partial charge in [0.2, 0.25) is 0 Å². The van der Waals surface area contributed by atoms with Gasteiger partial charge in [-0.05, 0) is 31.2 Å². The van der Waals surface area contributed by atoms with Crippen molar-refractivity contribution >= 4 is 11.8 Å². The van der Waals surface area contributed by atoms with Gasteiger partial charge < -0.3 is 9.64 Å². The van der Waals surface area contributed by atoms with Crippen LogP contribution in [0, 0.1) is 10.1 Å². The maximum atomic E-state index is 11.0. The Morgan fingerprint density at radius 2 is 2.11 bits per heavy atom. The number of nitro benzene ring substituents is 1. The molecule has 0 radical (unpaired) electrons. The van der Waals surface area contributed by atoms with Crippen molar-refractivity contribution < 1.29 is 9.66 Å². The first-order chi connectivity index (χ1) is 8.72. The van der Waals surface area contributed by atoms with E-state index >= 15 is 0 Å². The molecular formula is C13H16N2O3. The molecule has 0 saturated carbocycles. The smallest absolute Gasteiger partial charge is 0.280 e. The third kappa shape index (κ3) is 2.61. The molecule has 0 aliphatic carbocycles. The van der Waals surface area contributed by atoms with E-state index in [-0.39, 0.29) is 10.6 Å². The Morgan fingerprint density at radius 1 is 1.39 bits per heavy atom. The van der Waals surface area contributed by atoms with Gasteiger partial charge in [0.15, 0.2) is 0 Å². The monoisotopic (exact) mass is 248 g/mol. The van der Waals surface area contributed by atoms with Crippen molar-refractivity contribution in [3.05, 3.63) is 40.1 Å². The number of methoxy groups -OCH3 is 1. The lowest BCUT2D eigenvalue weighted by Gasteiger charge is -2.11. The van der Waals surface area contributed by atoms with Crippen LogP contribution in [0.4, 0.5) is 5.69 Å². The van der Waals surface area contributed by atoms with Gasteiger partial charge in [-0.25, -0.2) is 0 Å². The van der Waals surface area contributed by atoms with Gasteiger partial charge in [-0.1, -0.05) is 6.07 Å². The molecule has 0 unspecified atom stereocenters. The average molecular weight is 248 g/mol. The predicted octanol–water partition coefficient (Wildman–Crippen LogP) is 2.67. The minimum Gasteiger partial charge on any atom is -0.496 e. The number of likely N-dealkylation sites (tertiary alicyclic amines) is 1. The SMILES string of the molecule is COc1cccc([N+](=O)[O-])c1/C=C/N1CCCC1. The zero-order valence-corrected chi connectivity index (χ0v) is 10.3. The Hall–Kier alpha value is -2.04. The van der Waals surface area contributed by atoms with E-state index < -0.39 is 0 Å². The summed E-state index contributed by atoms with van der Waals surface area (Å²) >= 11 is 0.